The van der Waals surface area contributed by atoms with Gasteiger partial charge >= 0.3 is 6.09 Å². The summed E-state index contributed by atoms with van der Waals surface area (Å²) in [7, 11) is 0. The van der Waals surface area contributed by atoms with Crippen LogP contribution in [0, 0.1) is 5.92 Å². The number of benzene rings is 2. The van der Waals surface area contributed by atoms with Gasteiger partial charge in [-0.15, -0.1) is 0 Å². The third-order valence-electron chi connectivity index (χ3n) is 6.28. The minimum absolute atomic E-state index is 0.0836. The molecule has 2 aromatic carbocycles. The van der Waals surface area contributed by atoms with Gasteiger partial charge in [0.1, 0.15) is 0 Å². The zero-order chi connectivity index (χ0) is 19.7. The van der Waals surface area contributed by atoms with Crippen LogP contribution in [0.5, 0.6) is 0 Å². The second-order valence-electron chi connectivity index (χ2n) is 8.10. The van der Waals surface area contributed by atoms with Crippen molar-refractivity contribution in [2.75, 3.05) is 0 Å². The van der Waals surface area contributed by atoms with E-state index < -0.39 is 5.60 Å². The first-order chi connectivity index (χ1) is 12.9. The van der Waals surface area contributed by atoms with Crippen molar-refractivity contribution >= 4 is 6.09 Å². The Labute approximate surface area is 163 Å². The highest BCUT2D eigenvalue weighted by molar-refractivity contribution is 5.75. The van der Waals surface area contributed by atoms with E-state index in [1.165, 1.54) is 0 Å². The minimum Gasteiger partial charge on any atom is -0.431 e. The molecular formula is C24H31NO2. The van der Waals surface area contributed by atoms with Crippen LogP contribution in [0.3, 0.4) is 0 Å². The standard InChI is InChI=1S/C24H31NO2/c1-6-23(5,7-2)25-21(18(3)4)24(27-22(25)26,19-14-10-8-11-15-19)20-16-12-9-13-17-20/h8-18,21H,6-7H2,1-5H3. The van der Waals surface area contributed by atoms with E-state index in [0.29, 0.717) is 0 Å². The molecule has 0 bridgehead atoms. The van der Waals surface area contributed by atoms with E-state index in [-0.39, 0.29) is 23.6 Å². The van der Waals surface area contributed by atoms with Gasteiger partial charge in [-0.2, -0.15) is 0 Å². The molecule has 1 fully saturated rings. The lowest BCUT2D eigenvalue weighted by atomic mass is 9.74. The lowest BCUT2D eigenvalue weighted by molar-refractivity contribution is 0.0410. The summed E-state index contributed by atoms with van der Waals surface area (Å²) in [6.45, 7) is 10.9. The zero-order valence-corrected chi connectivity index (χ0v) is 17.1. The third-order valence-corrected chi connectivity index (χ3v) is 6.28. The molecule has 1 amide bonds. The average Bonchev–Trinajstić information content (AvgIpc) is 3.03. The maximum absolute atomic E-state index is 13.3. The molecule has 1 aliphatic rings. The Morgan fingerprint density at radius 2 is 1.41 bits per heavy atom. The van der Waals surface area contributed by atoms with Crippen LogP contribution >= 0.6 is 0 Å². The molecule has 2 aromatic rings. The number of nitrogens with zero attached hydrogens (tertiary/aromatic N) is 1. The molecule has 0 aliphatic carbocycles. The smallest absolute Gasteiger partial charge is 0.411 e. The molecule has 144 valence electrons. The number of hydrogen-bond donors (Lipinski definition) is 0. The molecule has 1 atom stereocenters. The topological polar surface area (TPSA) is 29.5 Å². The molecule has 0 N–H and O–H groups in total. The van der Waals surface area contributed by atoms with Crippen LogP contribution in [0.15, 0.2) is 60.7 Å². The first-order valence-corrected chi connectivity index (χ1v) is 10.0. The van der Waals surface area contributed by atoms with Gasteiger partial charge in [0.15, 0.2) is 5.60 Å². The summed E-state index contributed by atoms with van der Waals surface area (Å²) in [6, 6.07) is 20.3. The summed E-state index contributed by atoms with van der Waals surface area (Å²) in [5, 5.41) is 0. The van der Waals surface area contributed by atoms with Gasteiger partial charge in [-0.05, 0) is 25.7 Å². The summed E-state index contributed by atoms with van der Waals surface area (Å²) in [5.41, 5.74) is 1.01. The molecule has 1 heterocycles. The van der Waals surface area contributed by atoms with Gasteiger partial charge < -0.3 is 4.74 Å². The fourth-order valence-electron chi connectivity index (χ4n) is 4.45. The Morgan fingerprint density at radius 1 is 0.963 bits per heavy atom. The van der Waals surface area contributed by atoms with Crippen molar-refractivity contribution in [2.24, 2.45) is 5.92 Å². The van der Waals surface area contributed by atoms with Crippen molar-refractivity contribution < 1.29 is 9.53 Å². The van der Waals surface area contributed by atoms with Crippen LogP contribution in [0.25, 0.3) is 0 Å². The highest BCUT2D eigenvalue weighted by atomic mass is 16.6. The Hall–Kier alpha value is -2.29. The maximum Gasteiger partial charge on any atom is 0.411 e. The van der Waals surface area contributed by atoms with Crippen molar-refractivity contribution in [1.82, 2.24) is 4.90 Å². The Bertz CT molecular complexity index is 726. The van der Waals surface area contributed by atoms with E-state index >= 15 is 0 Å². The van der Waals surface area contributed by atoms with Crippen molar-refractivity contribution in [2.45, 2.75) is 64.6 Å². The fraction of sp³-hybridized carbons (Fsp3) is 0.458. The average molecular weight is 366 g/mol. The molecule has 0 saturated carbocycles. The van der Waals surface area contributed by atoms with E-state index in [9.17, 15) is 4.79 Å². The number of ether oxygens (including phenoxy) is 1. The lowest BCUT2D eigenvalue weighted by Crippen LogP contribution is -2.56. The van der Waals surface area contributed by atoms with Gasteiger partial charge in [0, 0.05) is 16.7 Å². The predicted molar refractivity (Wildman–Crippen MR) is 110 cm³/mol. The van der Waals surface area contributed by atoms with Crippen LogP contribution in [-0.4, -0.2) is 22.6 Å². The molecule has 3 nitrogen and oxygen atoms in total. The third kappa shape index (κ3) is 3.03. The van der Waals surface area contributed by atoms with E-state index in [1.807, 2.05) is 41.3 Å². The van der Waals surface area contributed by atoms with Crippen molar-refractivity contribution in [3.63, 3.8) is 0 Å². The van der Waals surface area contributed by atoms with Crippen molar-refractivity contribution in [3.05, 3.63) is 71.8 Å². The Kier molecular flexibility index (Phi) is 5.32. The van der Waals surface area contributed by atoms with Gasteiger partial charge in [-0.1, -0.05) is 88.4 Å². The predicted octanol–water partition coefficient (Wildman–Crippen LogP) is 5.99. The van der Waals surface area contributed by atoms with E-state index in [2.05, 4.69) is 58.9 Å². The van der Waals surface area contributed by atoms with E-state index in [1.54, 1.807) is 0 Å². The number of carbonyl (C=O) groups excluding carboxylic acids is 1. The molecule has 0 aromatic heterocycles. The van der Waals surface area contributed by atoms with Crippen LogP contribution < -0.4 is 0 Å². The van der Waals surface area contributed by atoms with Crippen LogP contribution in [0.4, 0.5) is 4.79 Å². The molecule has 27 heavy (non-hydrogen) atoms. The zero-order valence-electron chi connectivity index (χ0n) is 17.1. The van der Waals surface area contributed by atoms with Crippen LogP contribution in [-0.2, 0) is 10.3 Å². The first-order valence-electron chi connectivity index (χ1n) is 10.0. The molecule has 1 saturated heterocycles. The molecule has 0 spiro atoms. The van der Waals surface area contributed by atoms with Crippen LogP contribution in [0.1, 0.15) is 58.6 Å². The van der Waals surface area contributed by atoms with Gasteiger partial charge in [0.05, 0.1) is 6.04 Å². The van der Waals surface area contributed by atoms with E-state index in [0.717, 1.165) is 24.0 Å². The second-order valence-corrected chi connectivity index (χ2v) is 8.10. The van der Waals surface area contributed by atoms with Gasteiger partial charge in [0.2, 0.25) is 0 Å². The van der Waals surface area contributed by atoms with Crippen molar-refractivity contribution in [1.29, 1.82) is 0 Å². The largest absolute Gasteiger partial charge is 0.431 e. The van der Waals surface area contributed by atoms with Crippen LogP contribution in [0.2, 0.25) is 0 Å². The first kappa shape index (κ1) is 19.5. The highest BCUT2D eigenvalue weighted by Crippen LogP contribution is 2.50. The monoisotopic (exact) mass is 365 g/mol. The molecule has 3 heteroatoms. The molecule has 1 unspecified atom stereocenters. The highest BCUT2D eigenvalue weighted by Gasteiger charge is 2.60. The lowest BCUT2D eigenvalue weighted by Gasteiger charge is -2.45. The van der Waals surface area contributed by atoms with Gasteiger partial charge in [0.25, 0.3) is 0 Å². The van der Waals surface area contributed by atoms with Gasteiger partial charge in [-0.3, -0.25) is 4.90 Å². The number of carbonyl (C=O) groups is 1. The molecule has 1 aliphatic heterocycles. The molecular weight excluding hydrogens is 334 g/mol. The minimum atomic E-state index is -0.806. The van der Waals surface area contributed by atoms with Gasteiger partial charge in [-0.25, -0.2) is 4.79 Å². The molecule has 0 radical (unpaired) electrons. The second kappa shape index (κ2) is 7.38. The summed E-state index contributed by atoms with van der Waals surface area (Å²) >= 11 is 0. The molecule has 3 rings (SSSR count). The Morgan fingerprint density at radius 3 is 1.78 bits per heavy atom. The summed E-state index contributed by atoms with van der Waals surface area (Å²) in [4.78, 5) is 15.3. The summed E-state index contributed by atoms with van der Waals surface area (Å²) < 4.78 is 6.34. The number of hydrogen-bond acceptors (Lipinski definition) is 2. The van der Waals surface area contributed by atoms with E-state index in [4.69, 9.17) is 4.74 Å². The fourth-order valence-corrected chi connectivity index (χ4v) is 4.45. The summed E-state index contributed by atoms with van der Waals surface area (Å²) in [5.74, 6) is 0.231. The number of rotatable bonds is 6. The quantitative estimate of drug-likeness (QED) is 0.629. The maximum atomic E-state index is 13.3. The summed E-state index contributed by atoms with van der Waals surface area (Å²) in [6.07, 6.45) is 1.57. The number of amides is 1. The Balaban J connectivity index is 2.29. The normalized spacial score (nSPS) is 19.4. The number of cyclic esters (lactones) is 1. The van der Waals surface area contributed by atoms with Crippen molar-refractivity contribution in [3.8, 4) is 0 Å². The SMILES string of the molecule is CCC(C)(CC)N1C(=O)OC(c2ccccc2)(c2ccccc2)C1C(C)C.